The average Bonchev–Trinajstić information content (AvgIpc) is 2.90. The van der Waals surface area contributed by atoms with Crippen LogP contribution in [0.25, 0.3) is 5.65 Å². The summed E-state index contributed by atoms with van der Waals surface area (Å²) in [5, 5.41) is 7.64. The number of hydrogen-bond donors (Lipinski definition) is 2. The van der Waals surface area contributed by atoms with Crippen LogP contribution in [0.1, 0.15) is 12.0 Å². The van der Waals surface area contributed by atoms with Gasteiger partial charge in [-0.05, 0) is 37.9 Å². The van der Waals surface area contributed by atoms with Crippen LogP contribution in [0, 0.1) is 5.92 Å². The van der Waals surface area contributed by atoms with Gasteiger partial charge in [0.2, 0.25) is 0 Å². The summed E-state index contributed by atoms with van der Waals surface area (Å²) in [4.78, 5) is 4.34. The molecule has 5 heteroatoms. The highest BCUT2D eigenvalue weighted by Crippen LogP contribution is 2.18. The fraction of sp³-hybridized carbons (Fsp3) is 0.455. The number of aromatic nitrogens is 3. The van der Waals surface area contributed by atoms with E-state index in [1.807, 2.05) is 6.20 Å². The van der Waals surface area contributed by atoms with Crippen LogP contribution in [0.2, 0.25) is 0 Å². The zero-order chi connectivity index (χ0) is 11.0. The lowest BCUT2D eigenvalue weighted by Crippen LogP contribution is -2.10. The number of rotatable bonds is 2. The molecular formula is C11H15N5. The first-order valence-corrected chi connectivity index (χ1v) is 5.62. The quantitative estimate of drug-likeness (QED) is 0.767. The Hall–Kier alpha value is -1.62. The van der Waals surface area contributed by atoms with Gasteiger partial charge in [-0.3, -0.25) is 0 Å². The van der Waals surface area contributed by atoms with Crippen molar-refractivity contribution in [1.29, 1.82) is 0 Å². The van der Waals surface area contributed by atoms with Gasteiger partial charge >= 0.3 is 0 Å². The molecule has 0 aliphatic carbocycles. The lowest BCUT2D eigenvalue weighted by molar-refractivity contribution is 0.582. The van der Waals surface area contributed by atoms with Gasteiger partial charge in [0.1, 0.15) is 5.82 Å². The summed E-state index contributed by atoms with van der Waals surface area (Å²) in [6, 6.07) is 1.76. The second-order valence-electron chi connectivity index (χ2n) is 4.34. The van der Waals surface area contributed by atoms with E-state index >= 15 is 0 Å². The minimum atomic E-state index is 0.640. The Morgan fingerprint density at radius 1 is 1.56 bits per heavy atom. The van der Waals surface area contributed by atoms with Crippen LogP contribution in [0.3, 0.4) is 0 Å². The van der Waals surface area contributed by atoms with Gasteiger partial charge in [-0.25, -0.2) is 4.98 Å². The molecule has 0 aromatic carbocycles. The molecule has 1 unspecified atom stereocenters. The van der Waals surface area contributed by atoms with Crippen molar-refractivity contribution >= 4 is 11.5 Å². The molecule has 1 aliphatic rings. The summed E-state index contributed by atoms with van der Waals surface area (Å²) in [7, 11) is 0. The molecule has 16 heavy (non-hydrogen) atoms. The summed E-state index contributed by atoms with van der Waals surface area (Å²) >= 11 is 0. The Bertz CT molecular complexity index is 498. The van der Waals surface area contributed by atoms with E-state index in [-0.39, 0.29) is 0 Å². The van der Waals surface area contributed by atoms with Gasteiger partial charge in [0.15, 0.2) is 5.65 Å². The molecule has 0 radical (unpaired) electrons. The molecule has 2 aromatic heterocycles. The molecule has 3 heterocycles. The topological polar surface area (TPSA) is 68.2 Å². The fourth-order valence-electron chi connectivity index (χ4n) is 2.30. The SMILES string of the molecule is Nc1ccnc2c(CC3CCNC3)cnn12. The number of hydrogen-bond acceptors (Lipinski definition) is 4. The zero-order valence-electron chi connectivity index (χ0n) is 9.06. The minimum absolute atomic E-state index is 0.640. The molecule has 0 amide bonds. The summed E-state index contributed by atoms with van der Waals surface area (Å²) in [6.07, 6.45) is 5.90. The summed E-state index contributed by atoms with van der Waals surface area (Å²) in [5.41, 5.74) is 7.92. The molecule has 5 nitrogen and oxygen atoms in total. The Labute approximate surface area is 93.7 Å². The van der Waals surface area contributed by atoms with Crippen molar-refractivity contribution in [1.82, 2.24) is 19.9 Å². The summed E-state index contributed by atoms with van der Waals surface area (Å²) in [6.45, 7) is 2.22. The third-order valence-corrected chi connectivity index (χ3v) is 3.17. The molecule has 1 fully saturated rings. The average molecular weight is 217 g/mol. The molecule has 1 saturated heterocycles. The summed E-state index contributed by atoms with van der Waals surface area (Å²) < 4.78 is 1.71. The highest BCUT2D eigenvalue weighted by atomic mass is 15.3. The molecule has 0 spiro atoms. The predicted octanol–water partition coefficient (Wildman–Crippen LogP) is 0.463. The van der Waals surface area contributed by atoms with Gasteiger partial charge in [-0.1, -0.05) is 0 Å². The van der Waals surface area contributed by atoms with Crippen LogP contribution in [0.15, 0.2) is 18.5 Å². The Morgan fingerprint density at radius 3 is 3.31 bits per heavy atom. The molecule has 1 atom stereocenters. The molecule has 3 rings (SSSR count). The number of nitrogens with one attached hydrogen (secondary N) is 1. The number of nitrogen functional groups attached to an aromatic ring is 1. The van der Waals surface area contributed by atoms with Crippen LogP contribution in [0.5, 0.6) is 0 Å². The maximum Gasteiger partial charge on any atom is 0.160 e. The Kier molecular flexibility index (Phi) is 2.25. The van der Waals surface area contributed by atoms with Crippen molar-refractivity contribution in [3.8, 4) is 0 Å². The van der Waals surface area contributed by atoms with Crippen molar-refractivity contribution in [2.75, 3.05) is 18.8 Å². The third kappa shape index (κ3) is 1.53. The highest BCUT2D eigenvalue weighted by molar-refractivity contribution is 5.51. The van der Waals surface area contributed by atoms with E-state index in [2.05, 4.69) is 15.4 Å². The monoisotopic (exact) mass is 217 g/mol. The van der Waals surface area contributed by atoms with Crippen LogP contribution < -0.4 is 11.1 Å². The molecule has 1 aliphatic heterocycles. The van der Waals surface area contributed by atoms with Gasteiger partial charge in [0.25, 0.3) is 0 Å². The first-order chi connectivity index (χ1) is 7.84. The van der Waals surface area contributed by atoms with Crippen molar-refractivity contribution < 1.29 is 0 Å². The van der Waals surface area contributed by atoms with Crippen molar-refractivity contribution in [3.63, 3.8) is 0 Å². The largest absolute Gasteiger partial charge is 0.384 e. The van der Waals surface area contributed by atoms with Crippen LogP contribution in [0.4, 0.5) is 5.82 Å². The zero-order valence-corrected chi connectivity index (χ0v) is 9.06. The number of fused-ring (bicyclic) bond motifs is 1. The van der Waals surface area contributed by atoms with E-state index in [9.17, 15) is 0 Å². The first-order valence-electron chi connectivity index (χ1n) is 5.62. The highest BCUT2D eigenvalue weighted by Gasteiger charge is 2.17. The van der Waals surface area contributed by atoms with Crippen LogP contribution in [-0.2, 0) is 6.42 Å². The Balaban J connectivity index is 1.94. The molecular weight excluding hydrogens is 202 g/mol. The maximum atomic E-state index is 5.83. The maximum absolute atomic E-state index is 5.83. The minimum Gasteiger partial charge on any atom is -0.384 e. The lowest BCUT2D eigenvalue weighted by atomic mass is 10.0. The second-order valence-corrected chi connectivity index (χ2v) is 4.34. The number of nitrogens with zero attached hydrogens (tertiary/aromatic N) is 3. The van der Waals surface area contributed by atoms with E-state index in [1.54, 1.807) is 16.8 Å². The molecule has 3 N–H and O–H groups in total. The normalized spacial score (nSPS) is 20.6. The molecule has 0 saturated carbocycles. The van der Waals surface area contributed by atoms with Gasteiger partial charge in [-0.2, -0.15) is 9.61 Å². The van der Waals surface area contributed by atoms with E-state index in [1.165, 1.54) is 12.0 Å². The van der Waals surface area contributed by atoms with Crippen molar-refractivity contribution in [2.24, 2.45) is 5.92 Å². The molecule has 84 valence electrons. The first kappa shape index (κ1) is 9.59. The van der Waals surface area contributed by atoms with Crippen LogP contribution in [-0.4, -0.2) is 27.7 Å². The number of anilines is 1. The molecule has 0 bridgehead atoms. The number of nitrogens with two attached hydrogens (primary N) is 1. The fourth-order valence-corrected chi connectivity index (χ4v) is 2.30. The van der Waals surface area contributed by atoms with E-state index in [0.29, 0.717) is 11.7 Å². The van der Waals surface area contributed by atoms with Crippen LogP contribution >= 0.6 is 0 Å². The van der Waals surface area contributed by atoms with Gasteiger partial charge in [0.05, 0.1) is 6.20 Å². The summed E-state index contributed by atoms with van der Waals surface area (Å²) in [5.74, 6) is 1.34. The second kappa shape index (κ2) is 3.75. The lowest BCUT2D eigenvalue weighted by Gasteiger charge is -2.05. The standard InChI is InChI=1S/C11H15N5/c12-10-2-4-14-11-9(7-15-16(10)11)5-8-1-3-13-6-8/h2,4,7-8,13H,1,3,5-6,12H2. The van der Waals surface area contributed by atoms with Gasteiger partial charge in [0, 0.05) is 11.8 Å². The molecule has 2 aromatic rings. The van der Waals surface area contributed by atoms with Gasteiger partial charge < -0.3 is 11.1 Å². The van der Waals surface area contributed by atoms with E-state index < -0.39 is 0 Å². The van der Waals surface area contributed by atoms with E-state index in [0.717, 1.165) is 25.2 Å². The van der Waals surface area contributed by atoms with E-state index in [4.69, 9.17) is 5.73 Å². The Morgan fingerprint density at radius 2 is 2.50 bits per heavy atom. The van der Waals surface area contributed by atoms with Crippen molar-refractivity contribution in [2.45, 2.75) is 12.8 Å². The van der Waals surface area contributed by atoms with Gasteiger partial charge in [-0.15, -0.1) is 0 Å². The predicted molar refractivity (Wildman–Crippen MR) is 62.1 cm³/mol. The third-order valence-electron chi connectivity index (χ3n) is 3.17. The smallest absolute Gasteiger partial charge is 0.160 e. The van der Waals surface area contributed by atoms with Crippen molar-refractivity contribution in [3.05, 3.63) is 24.0 Å².